The van der Waals surface area contributed by atoms with Crippen molar-refractivity contribution in [3.05, 3.63) is 0 Å². The van der Waals surface area contributed by atoms with Crippen molar-refractivity contribution in [1.82, 2.24) is 5.32 Å². The summed E-state index contributed by atoms with van der Waals surface area (Å²) in [5.41, 5.74) is 0. The minimum absolute atomic E-state index is 0.432. The molecule has 0 saturated carbocycles. The highest BCUT2D eigenvalue weighted by Gasteiger charge is 2.04. The van der Waals surface area contributed by atoms with Crippen LogP contribution in [0.2, 0.25) is 0 Å². The summed E-state index contributed by atoms with van der Waals surface area (Å²) in [7, 11) is 0. The predicted molar refractivity (Wildman–Crippen MR) is 71.9 cm³/mol. The molecule has 0 aromatic carbocycles. The fourth-order valence-corrected chi connectivity index (χ4v) is 1.90. The van der Waals surface area contributed by atoms with Gasteiger partial charge in [-0.1, -0.05) is 33.6 Å². The Labute approximate surface area is 102 Å². The van der Waals surface area contributed by atoms with E-state index < -0.39 is 0 Å². The molecule has 0 aliphatic carbocycles. The van der Waals surface area contributed by atoms with Crippen molar-refractivity contribution in [3.8, 4) is 0 Å². The van der Waals surface area contributed by atoms with Crippen LogP contribution in [0.4, 0.5) is 0 Å². The van der Waals surface area contributed by atoms with E-state index in [0.717, 1.165) is 19.1 Å². The van der Waals surface area contributed by atoms with E-state index in [9.17, 15) is 0 Å². The van der Waals surface area contributed by atoms with E-state index in [1.807, 2.05) is 0 Å². The normalized spacial score (nSPS) is 13.3. The highest BCUT2D eigenvalue weighted by atomic mass is 16.5. The van der Waals surface area contributed by atoms with Gasteiger partial charge in [0, 0.05) is 6.61 Å². The average Bonchev–Trinajstić information content (AvgIpc) is 2.21. The summed E-state index contributed by atoms with van der Waals surface area (Å²) >= 11 is 0. The Morgan fingerprint density at radius 3 is 2.31 bits per heavy atom. The van der Waals surface area contributed by atoms with E-state index in [1.54, 1.807) is 0 Å². The van der Waals surface area contributed by atoms with Crippen molar-refractivity contribution < 1.29 is 4.74 Å². The quantitative estimate of drug-likeness (QED) is 0.547. The summed E-state index contributed by atoms with van der Waals surface area (Å²) in [4.78, 5) is 0. The monoisotopic (exact) mass is 229 g/mol. The van der Waals surface area contributed by atoms with Gasteiger partial charge in [0.05, 0.1) is 6.10 Å². The Morgan fingerprint density at radius 1 is 1.00 bits per heavy atom. The summed E-state index contributed by atoms with van der Waals surface area (Å²) in [6, 6.07) is 0. The topological polar surface area (TPSA) is 21.3 Å². The fourth-order valence-electron chi connectivity index (χ4n) is 1.90. The maximum absolute atomic E-state index is 5.76. The van der Waals surface area contributed by atoms with Crippen LogP contribution in [0.5, 0.6) is 0 Å². The standard InChI is InChI=1S/C14H31NO/c1-5-15-10-8-6-7-9-11-16-14(4)12-13(2)3/h13-15H,5-12H2,1-4H3. The molecule has 0 aliphatic heterocycles. The number of hydrogen-bond donors (Lipinski definition) is 1. The van der Waals surface area contributed by atoms with Crippen LogP contribution in [0, 0.1) is 5.92 Å². The Balaban J connectivity index is 3.08. The first-order valence-electron chi connectivity index (χ1n) is 6.99. The molecule has 0 heterocycles. The number of rotatable bonds is 11. The number of ether oxygens (including phenoxy) is 1. The van der Waals surface area contributed by atoms with Crippen LogP contribution in [0.15, 0.2) is 0 Å². The van der Waals surface area contributed by atoms with Crippen molar-refractivity contribution in [2.75, 3.05) is 19.7 Å². The van der Waals surface area contributed by atoms with Crippen LogP contribution < -0.4 is 5.32 Å². The molecule has 16 heavy (non-hydrogen) atoms. The van der Waals surface area contributed by atoms with Crippen LogP contribution in [0.1, 0.15) is 59.8 Å². The van der Waals surface area contributed by atoms with Gasteiger partial charge in [0.15, 0.2) is 0 Å². The zero-order chi connectivity index (χ0) is 12.2. The minimum atomic E-state index is 0.432. The van der Waals surface area contributed by atoms with E-state index in [2.05, 4.69) is 33.0 Å². The zero-order valence-corrected chi connectivity index (χ0v) is 11.7. The lowest BCUT2D eigenvalue weighted by molar-refractivity contribution is 0.0494. The van der Waals surface area contributed by atoms with E-state index in [1.165, 1.54) is 38.6 Å². The van der Waals surface area contributed by atoms with Crippen molar-refractivity contribution in [2.45, 2.75) is 65.9 Å². The molecule has 2 nitrogen and oxygen atoms in total. The Hall–Kier alpha value is -0.0800. The van der Waals surface area contributed by atoms with Gasteiger partial charge in [0.1, 0.15) is 0 Å². The predicted octanol–water partition coefficient (Wildman–Crippen LogP) is 3.61. The van der Waals surface area contributed by atoms with Crippen molar-refractivity contribution in [1.29, 1.82) is 0 Å². The first-order chi connectivity index (χ1) is 7.66. The molecule has 0 rings (SSSR count). The number of unbranched alkanes of at least 4 members (excludes halogenated alkanes) is 3. The Morgan fingerprint density at radius 2 is 1.69 bits per heavy atom. The van der Waals surface area contributed by atoms with Crippen LogP contribution in [0.25, 0.3) is 0 Å². The molecule has 0 saturated heterocycles. The number of hydrogen-bond acceptors (Lipinski definition) is 2. The van der Waals surface area contributed by atoms with Gasteiger partial charge in [-0.3, -0.25) is 0 Å². The second-order valence-corrected chi connectivity index (χ2v) is 5.08. The Kier molecular flexibility index (Phi) is 11.3. The van der Waals surface area contributed by atoms with E-state index >= 15 is 0 Å². The van der Waals surface area contributed by atoms with E-state index in [4.69, 9.17) is 4.74 Å². The summed E-state index contributed by atoms with van der Waals surface area (Å²) in [6.45, 7) is 12.0. The Bertz CT molecular complexity index is 137. The molecule has 0 aromatic rings. The highest BCUT2D eigenvalue weighted by molar-refractivity contribution is 4.54. The van der Waals surface area contributed by atoms with E-state index in [-0.39, 0.29) is 0 Å². The molecule has 2 heteroatoms. The molecule has 0 spiro atoms. The van der Waals surface area contributed by atoms with Crippen LogP contribution in [-0.4, -0.2) is 25.8 Å². The SMILES string of the molecule is CCNCCCCCCOC(C)CC(C)C. The number of nitrogens with one attached hydrogen (secondary N) is 1. The van der Waals surface area contributed by atoms with E-state index in [0.29, 0.717) is 6.10 Å². The average molecular weight is 229 g/mol. The lowest BCUT2D eigenvalue weighted by atomic mass is 10.1. The molecule has 0 bridgehead atoms. The third kappa shape index (κ3) is 12.0. The third-order valence-corrected chi connectivity index (χ3v) is 2.70. The van der Waals surface area contributed by atoms with Gasteiger partial charge in [-0.2, -0.15) is 0 Å². The maximum Gasteiger partial charge on any atom is 0.0549 e. The lowest BCUT2D eigenvalue weighted by Gasteiger charge is -2.14. The molecule has 0 amide bonds. The third-order valence-electron chi connectivity index (χ3n) is 2.70. The molecule has 1 N–H and O–H groups in total. The summed E-state index contributed by atoms with van der Waals surface area (Å²) in [5, 5.41) is 3.35. The zero-order valence-electron chi connectivity index (χ0n) is 11.7. The maximum atomic E-state index is 5.76. The van der Waals surface area contributed by atoms with Crippen molar-refractivity contribution in [3.63, 3.8) is 0 Å². The molecule has 1 atom stereocenters. The van der Waals surface area contributed by atoms with Gasteiger partial charge in [-0.25, -0.2) is 0 Å². The van der Waals surface area contributed by atoms with Gasteiger partial charge in [-0.05, 0) is 45.2 Å². The highest BCUT2D eigenvalue weighted by Crippen LogP contribution is 2.08. The van der Waals surface area contributed by atoms with Crippen molar-refractivity contribution in [2.24, 2.45) is 5.92 Å². The van der Waals surface area contributed by atoms with Gasteiger partial charge in [0.25, 0.3) is 0 Å². The van der Waals surface area contributed by atoms with Crippen LogP contribution in [-0.2, 0) is 4.74 Å². The second kappa shape index (κ2) is 11.4. The molecule has 1 unspecified atom stereocenters. The molecule has 0 fully saturated rings. The molecule has 0 radical (unpaired) electrons. The molecular weight excluding hydrogens is 198 g/mol. The molecule has 0 aliphatic rings. The second-order valence-electron chi connectivity index (χ2n) is 5.08. The fraction of sp³-hybridized carbons (Fsp3) is 1.00. The largest absolute Gasteiger partial charge is 0.379 e. The van der Waals surface area contributed by atoms with Gasteiger partial charge < -0.3 is 10.1 Å². The lowest BCUT2D eigenvalue weighted by Crippen LogP contribution is -2.14. The molecule has 98 valence electrons. The van der Waals surface area contributed by atoms with Crippen LogP contribution >= 0.6 is 0 Å². The molecule has 0 aromatic heterocycles. The summed E-state index contributed by atoms with van der Waals surface area (Å²) < 4.78 is 5.76. The van der Waals surface area contributed by atoms with Gasteiger partial charge in [-0.15, -0.1) is 0 Å². The van der Waals surface area contributed by atoms with Crippen molar-refractivity contribution >= 4 is 0 Å². The smallest absolute Gasteiger partial charge is 0.0549 e. The first kappa shape index (κ1) is 15.9. The minimum Gasteiger partial charge on any atom is -0.379 e. The molecular formula is C14H31NO. The first-order valence-corrected chi connectivity index (χ1v) is 6.99. The van der Waals surface area contributed by atoms with Gasteiger partial charge in [0.2, 0.25) is 0 Å². The summed E-state index contributed by atoms with van der Waals surface area (Å²) in [5.74, 6) is 0.745. The van der Waals surface area contributed by atoms with Gasteiger partial charge >= 0.3 is 0 Å². The summed E-state index contributed by atoms with van der Waals surface area (Å²) in [6.07, 6.45) is 6.76. The van der Waals surface area contributed by atoms with Crippen LogP contribution in [0.3, 0.4) is 0 Å².